The highest BCUT2D eigenvalue weighted by atomic mass is 32.2. The van der Waals surface area contributed by atoms with E-state index in [0.717, 1.165) is 0 Å². The van der Waals surface area contributed by atoms with Crippen LogP contribution in [0.1, 0.15) is 34.1 Å². The SMILES string of the molecule is CNC(C)CCS(=O)(=O)C(C)C(C)C. The molecule has 0 saturated heterocycles. The van der Waals surface area contributed by atoms with Crippen LogP contribution in [-0.2, 0) is 9.84 Å². The molecule has 4 heteroatoms. The maximum Gasteiger partial charge on any atom is 0.153 e. The highest BCUT2D eigenvalue weighted by Crippen LogP contribution is 2.13. The molecule has 0 radical (unpaired) electrons. The summed E-state index contributed by atoms with van der Waals surface area (Å²) in [4.78, 5) is 0. The van der Waals surface area contributed by atoms with E-state index in [9.17, 15) is 8.42 Å². The van der Waals surface area contributed by atoms with Crippen molar-refractivity contribution in [2.24, 2.45) is 5.92 Å². The summed E-state index contributed by atoms with van der Waals surface area (Å²) in [6.45, 7) is 7.69. The Bertz CT molecular complexity index is 247. The Morgan fingerprint density at radius 1 is 1.14 bits per heavy atom. The van der Waals surface area contributed by atoms with Gasteiger partial charge in [-0.05, 0) is 33.2 Å². The Morgan fingerprint density at radius 2 is 1.64 bits per heavy atom. The number of rotatable bonds is 6. The molecule has 2 unspecified atom stereocenters. The summed E-state index contributed by atoms with van der Waals surface area (Å²) in [6.07, 6.45) is 0.690. The van der Waals surface area contributed by atoms with E-state index in [1.807, 2.05) is 27.8 Å². The van der Waals surface area contributed by atoms with E-state index in [4.69, 9.17) is 0 Å². The molecule has 86 valence electrons. The lowest BCUT2D eigenvalue weighted by Crippen LogP contribution is -2.30. The monoisotopic (exact) mass is 221 g/mol. The molecular weight excluding hydrogens is 198 g/mol. The molecular formula is C10H23NO2S. The molecule has 0 rings (SSSR count). The molecule has 0 fully saturated rings. The zero-order valence-electron chi connectivity index (χ0n) is 9.87. The lowest BCUT2D eigenvalue weighted by Gasteiger charge is -2.17. The minimum Gasteiger partial charge on any atom is -0.317 e. The molecule has 1 N–H and O–H groups in total. The van der Waals surface area contributed by atoms with Gasteiger partial charge >= 0.3 is 0 Å². The van der Waals surface area contributed by atoms with Gasteiger partial charge in [-0.15, -0.1) is 0 Å². The normalized spacial score (nSPS) is 17.0. The quantitative estimate of drug-likeness (QED) is 0.738. The van der Waals surface area contributed by atoms with Gasteiger partial charge in [0.25, 0.3) is 0 Å². The molecule has 0 bridgehead atoms. The number of sulfone groups is 1. The first-order valence-corrected chi connectivity index (χ1v) is 6.91. The summed E-state index contributed by atoms with van der Waals surface area (Å²) < 4.78 is 23.5. The lowest BCUT2D eigenvalue weighted by molar-refractivity contribution is 0.532. The first-order valence-electron chi connectivity index (χ1n) is 5.20. The Balaban J connectivity index is 4.22. The molecule has 0 aromatic heterocycles. The summed E-state index contributed by atoms with van der Waals surface area (Å²) in [6, 6.07) is 0.268. The second-order valence-electron chi connectivity index (χ2n) is 4.29. The first-order chi connectivity index (χ1) is 6.31. The lowest BCUT2D eigenvalue weighted by atomic mass is 10.2. The third-order valence-corrected chi connectivity index (χ3v) is 5.32. The minimum atomic E-state index is -2.90. The molecule has 0 saturated carbocycles. The fourth-order valence-electron chi connectivity index (χ4n) is 1.09. The third kappa shape index (κ3) is 4.42. The zero-order chi connectivity index (χ0) is 11.4. The molecule has 0 aromatic rings. The third-order valence-electron chi connectivity index (χ3n) is 2.83. The van der Waals surface area contributed by atoms with Crippen molar-refractivity contribution in [1.82, 2.24) is 5.32 Å². The zero-order valence-corrected chi connectivity index (χ0v) is 10.7. The summed E-state index contributed by atoms with van der Waals surface area (Å²) in [5.41, 5.74) is 0. The van der Waals surface area contributed by atoms with Crippen LogP contribution in [0.4, 0.5) is 0 Å². The predicted octanol–water partition coefficient (Wildman–Crippen LogP) is 1.44. The van der Waals surface area contributed by atoms with E-state index in [1.165, 1.54) is 0 Å². The van der Waals surface area contributed by atoms with Crippen molar-refractivity contribution < 1.29 is 8.42 Å². The van der Waals surface area contributed by atoms with E-state index in [2.05, 4.69) is 5.32 Å². The first kappa shape index (κ1) is 13.9. The van der Waals surface area contributed by atoms with Crippen molar-refractivity contribution >= 4 is 9.84 Å². The maximum atomic E-state index is 11.8. The highest BCUT2D eigenvalue weighted by Gasteiger charge is 2.23. The largest absolute Gasteiger partial charge is 0.317 e. The average molecular weight is 221 g/mol. The van der Waals surface area contributed by atoms with Crippen molar-refractivity contribution in [2.45, 2.75) is 45.4 Å². The fraction of sp³-hybridized carbons (Fsp3) is 1.00. The van der Waals surface area contributed by atoms with Crippen molar-refractivity contribution in [3.05, 3.63) is 0 Å². The Kier molecular flexibility index (Phi) is 5.67. The molecule has 0 amide bonds. The van der Waals surface area contributed by atoms with Gasteiger partial charge in [-0.1, -0.05) is 13.8 Å². The van der Waals surface area contributed by atoms with E-state index < -0.39 is 9.84 Å². The number of hydrogen-bond donors (Lipinski definition) is 1. The second kappa shape index (κ2) is 5.71. The molecule has 0 aromatic carbocycles. The van der Waals surface area contributed by atoms with Crippen LogP contribution in [0.15, 0.2) is 0 Å². The van der Waals surface area contributed by atoms with Crippen molar-refractivity contribution in [2.75, 3.05) is 12.8 Å². The van der Waals surface area contributed by atoms with Crippen LogP contribution >= 0.6 is 0 Å². The van der Waals surface area contributed by atoms with Gasteiger partial charge in [0.05, 0.1) is 11.0 Å². The molecule has 14 heavy (non-hydrogen) atoms. The van der Waals surface area contributed by atoms with Crippen LogP contribution in [0.3, 0.4) is 0 Å². The maximum absolute atomic E-state index is 11.8. The van der Waals surface area contributed by atoms with Gasteiger partial charge in [0.1, 0.15) is 0 Å². The van der Waals surface area contributed by atoms with Gasteiger partial charge < -0.3 is 5.32 Å². The van der Waals surface area contributed by atoms with Gasteiger partial charge in [0.2, 0.25) is 0 Å². The van der Waals surface area contributed by atoms with Crippen LogP contribution in [0.2, 0.25) is 0 Å². The molecule has 0 heterocycles. The van der Waals surface area contributed by atoms with Crippen LogP contribution in [-0.4, -0.2) is 32.5 Å². The summed E-state index contributed by atoms with van der Waals surface area (Å²) in [7, 11) is -1.05. The van der Waals surface area contributed by atoms with Gasteiger partial charge in [-0.3, -0.25) is 0 Å². The van der Waals surface area contributed by atoms with Crippen molar-refractivity contribution in [3.63, 3.8) is 0 Å². The molecule has 0 aliphatic rings. The summed E-state index contributed by atoms with van der Waals surface area (Å²) in [5.74, 6) is 0.485. The molecule has 0 aliphatic heterocycles. The van der Waals surface area contributed by atoms with E-state index in [0.29, 0.717) is 6.42 Å². The minimum absolute atomic E-state index is 0.199. The smallest absolute Gasteiger partial charge is 0.153 e. The van der Waals surface area contributed by atoms with Gasteiger partial charge in [0, 0.05) is 6.04 Å². The molecule has 2 atom stereocenters. The highest BCUT2D eigenvalue weighted by molar-refractivity contribution is 7.92. The van der Waals surface area contributed by atoms with Crippen molar-refractivity contribution in [1.29, 1.82) is 0 Å². The van der Waals surface area contributed by atoms with Crippen LogP contribution in [0.25, 0.3) is 0 Å². The topological polar surface area (TPSA) is 46.2 Å². The second-order valence-corrected chi connectivity index (χ2v) is 6.77. The van der Waals surface area contributed by atoms with Crippen LogP contribution in [0, 0.1) is 5.92 Å². The Hall–Kier alpha value is -0.0900. The summed E-state index contributed by atoms with van der Waals surface area (Å²) >= 11 is 0. The molecule has 0 aliphatic carbocycles. The van der Waals surface area contributed by atoms with Gasteiger partial charge in [0.15, 0.2) is 9.84 Å². The van der Waals surface area contributed by atoms with Crippen LogP contribution in [0.5, 0.6) is 0 Å². The Morgan fingerprint density at radius 3 is 2.00 bits per heavy atom. The average Bonchev–Trinajstić information content (AvgIpc) is 2.12. The van der Waals surface area contributed by atoms with Gasteiger partial charge in [-0.25, -0.2) is 8.42 Å². The van der Waals surface area contributed by atoms with Gasteiger partial charge in [-0.2, -0.15) is 0 Å². The Labute approximate surface area is 88.2 Å². The molecule has 0 spiro atoms. The van der Waals surface area contributed by atoms with Crippen molar-refractivity contribution in [3.8, 4) is 0 Å². The fourth-order valence-corrected chi connectivity index (χ4v) is 2.97. The van der Waals surface area contributed by atoms with E-state index >= 15 is 0 Å². The van der Waals surface area contributed by atoms with Crippen LogP contribution < -0.4 is 5.32 Å². The molecule has 3 nitrogen and oxygen atoms in total. The predicted molar refractivity (Wildman–Crippen MR) is 61.2 cm³/mol. The standard InChI is InChI=1S/C10H23NO2S/c1-8(2)10(4)14(12,13)7-6-9(3)11-5/h8-11H,6-7H2,1-5H3. The number of hydrogen-bond acceptors (Lipinski definition) is 3. The summed E-state index contributed by atoms with van der Waals surface area (Å²) in [5, 5.41) is 2.81. The van der Waals surface area contributed by atoms with E-state index in [1.54, 1.807) is 6.92 Å². The van der Waals surface area contributed by atoms with E-state index in [-0.39, 0.29) is 23.0 Å². The number of nitrogens with one attached hydrogen (secondary N) is 1.